The number of anilines is 1. The van der Waals surface area contributed by atoms with Crippen LogP contribution in [-0.4, -0.2) is 18.0 Å². The molecule has 0 spiro atoms. The first-order valence-electron chi connectivity index (χ1n) is 7.14. The first kappa shape index (κ1) is 18.8. The van der Waals surface area contributed by atoms with E-state index in [-0.39, 0.29) is 5.76 Å². The minimum atomic E-state index is -1.75. The Labute approximate surface area is 145 Å². The van der Waals surface area contributed by atoms with Crippen LogP contribution in [0, 0.1) is 28.8 Å². The number of benzene rings is 1. The molecule has 1 aromatic heterocycles. The summed E-state index contributed by atoms with van der Waals surface area (Å²) >= 11 is 0. The highest BCUT2D eigenvalue weighted by Crippen LogP contribution is 2.20. The van der Waals surface area contributed by atoms with Crippen LogP contribution >= 0.6 is 0 Å². The zero-order valence-electron chi connectivity index (χ0n) is 13.3. The molecule has 0 aliphatic carbocycles. The molecule has 134 valence electrons. The van der Waals surface area contributed by atoms with Gasteiger partial charge >= 0.3 is 5.97 Å². The van der Waals surface area contributed by atoms with Gasteiger partial charge in [0.25, 0.3) is 5.91 Å². The van der Waals surface area contributed by atoms with Crippen LogP contribution in [-0.2, 0) is 14.3 Å². The van der Waals surface area contributed by atoms with Crippen molar-refractivity contribution in [3.63, 3.8) is 0 Å². The Kier molecular flexibility index (Phi) is 5.80. The number of hydrogen-bond acceptors (Lipinski definition) is 5. The third kappa shape index (κ3) is 4.30. The molecule has 2 aromatic rings. The van der Waals surface area contributed by atoms with Crippen LogP contribution in [0.1, 0.15) is 12.7 Å². The Balaban J connectivity index is 2.06. The summed E-state index contributed by atoms with van der Waals surface area (Å²) in [7, 11) is 0. The Morgan fingerprint density at radius 3 is 2.62 bits per heavy atom. The van der Waals surface area contributed by atoms with E-state index in [1.807, 2.05) is 5.32 Å². The fourth-order valence-corrected chi connectivity index (χ4v) is 1.79. The maximum atomic E-state index is 13.5. The molecule has 1 aromatic carbocycles. The van der Waals surface area contributed by atoms with Crippen LogP contribution in [0.15, 0.2) is 40.5 Å². The van der Waals surface area contributed by atoms with Gasteiger partial charge in [-0.3, -0.25) is 4.79 Å². The fourth-order valence-electron chi connectivity index (χ4n) is 1.79. The van der Waals surface area contributed by atoms with Crippen LogP contribution in [0.3, 0.4) is 0 Å². The quantitative estimate of drug-likeness (QED) is 0.381. The van der Waals surface area contributed by atoms with Gasteiger partial charge in [0.2, 0.25) is 0 Å². The van der Waals surface area contributed by atoms with Crippen LogP contribution in [0.2, 0.25) is 0 Å². The van der Waals surface area contributed by atoms with Gasteiger partial charge in [-0.15, -0.1) is 0 Å². The van der Waals surface area contributed by atoms with Crippen LogP contribution in [0.25, 0.3) is 6.08 Å². The largest absolute Gasteiger partial charge is 0.465 e. The summed E-state index contributed by atoms with van der Waals surface area (Å²) in [5, 5.41) is 11.0. The molecule has 0 aliphatic rings. The van der Waals surface area contributed by atoms with Gasteiger partial charge in [0.15, 0.2) is 23.6 Å². The number of nitrogens with zero attached hydrogens (tertiary/aromatic N) is 1. The van der Waals surface area contributed by atoms with Crippen molar-refractivity contribution in [1.82, 2.24) is 0 Å². The van der Waals surface area contributed by atoms with Crippen molar-refractivity contribution >= 4 is 23.6 Å². The van der Waals surface area contributed by atoms with E-state index in [1.165, 1.54) is 12.3 Å². The summed E-state index contributed by atoms with van der Waals surface area (Å²) < 4.78 is 49.3. The van der Waals surface area contributed by atoms with Crippen molar-refractivity contribution in [2.24, 2.45) is 0 Å². The number of nitrogens with one attached hydrogen (secondary N) is 1. The average molecular weight is 364 g/mol. The first-order chi connectivity index (χ1) is 12.3. The smallest absolute Gasteiger partial charge is 0.349 e. The molecule has 0 fully saturated rings. The van der Waals surface area contributed by atoms with E-state index in [9.17, 15) is 22.8 Å². The van der Waals surface area contributed by atoms with Crippen molar-refractivity contribution in [1.29, 1.82) is 5.26 Å². The lowest BCUT2D eigenvalue weighted by Crippen LogP contribution is -2.30. The van der Waals surface area contributed by atoms with E-state index in [1.54, 1.807) is 12.1 Å². The first-order valence-corrected chi connectivity index (χ1v) is 7.14. The molecule has 1 N–H and O–H groups in total. The lowest BCUT2D eigenvalue weighted by atomic mass is 10.2. The number of halogens is 3. The van der Waals surface area contributed by atoms with Crippen LogP contribution in [0.4, 0.5) is 18.9 Å². The van der Waals surface area contributed by atoms with Crippen molar-refractivity contribution in [3.05, 3.63) is 59.3 Å². The molecule has 26 heavy (non-hydrogen) atoms. The molecule has 1 heterocycles. The molecule has 0 bridgehead atoms. The van der Waals surface area contributed by atoms with Gasteiger partial charge in [-0.25, -0.2) is 18.0 Å². The predicted octanol–water partition coefficient (Wildman–Crippen LogP) is 3.17. The third-order valence-corrected chi connectivity index (χ3v) is 3.12. The van der Waals surface area contributed by atoms with Crippen LogP contribution < -0.4 is 5.32 Å². The SMILES string of the molecule is C[C@H](OC(=O)/C(C#N)=C/c1ccco1)C(=O)Nc1ccc(F)c(F)c1F. The highest BCUT2D eigenvalue weighted by atomic mass is 19.2. The Morgan fingerprint density at radius 1 is 1.27 bits per heavy atom. The molecule has 1 amide bonds. The van der Waals surface area contributed by atoms with Crippen molar-refractivity contribution in [2.75, 3.05) is 5.32 Å². The third-order valence-electron chi connectivity index (χ3n) is 3.12. The van der Waals surface area contributed by atoms with E-state index in [0.29, 0.717) is 6.07 Å². The molecular formula is C17H11F3N2O4. The molecular weight excluding hydrogens is 353 g/mol. The predicted molar refractivity (Wildman–Crippen MR) is 82.8 cm³/mol. The highest BCUT2D eigenvalue weighted by molar-refractivity contribution is 6.00. The maximum absolute atomic E-state index is 13.5. The minimum Gasteiger partial charge on any atom is -0.465 e. The standard InChI is InChI=1S/C17H11F3N2O4/c1-9(16(23)22-13-5-4-12(18)14(19)15(13)20)26-17(24)10(8-21)7-11-3-2-6-25-11/h2-7,9H,1H3,(H,22,23)/b10-7+/t9-/m0/s1. The molecule has 1 atom stereocenters. The monoisotopic (exact) mass is 364 g/mol. The summed E-state index contributed by atoms with van der Waals surface area (Å²) in [4.78, 5) is 23.8. The van der Waals surface area contributed by atoms with E-state index >= 15 is 0 Å². The second-order valence-corrected chi connectivity index (χ2v) is 4.94. The van der Waals surface area contributed by atoms with Crippen molar-refractivity contribution < 1.29 is 31.9 Å². The lowest BCUT2D eigenvalue weighted by Gasteiger charge is -2.13. The minimum absolute atomic E-state index is 0.222. The van der Waals surface area contributed by atoms with Gasteiger partial charge in [-0.1, -0.05) is 0 Å². The van der Waals surface area contributed by atoms with E-state index in [2.05, 4.69) is 0 Å². The number of hydrogen-bond donors (Lipinski definition) is 1. The molecule has 0 radical (unpaired) electrons. The molecule has 0 unspecified atom stereocenters. The molecule has 0 aliphatic heterocycles. The Morgan fingerprint density at radius 2 is 2.00 bits per heavy atom. The summed E-state index contributed by atoms with van der Waals surface area (Å²) in [6.07, 6.45) is 1.00. The topological polar surface area (TPSA) is 92.3 Å². The number of esters is 1. The average Bonchev–Trinajstić information content (AvgIpc) is 3.13. The summed E-state index contributed by atoms with van der Waals surface area (Å²) in [6.45, 7) is 1.16. The fraction of sp³-hybridized carbons (Fsp3) is 0.118. The second kappa shape index (κ2) is 8.02. The van der Waals surface area contributed by atoms with Gasteiger partial charge in [0.05, 0.1) is 12.0 Å². The van der Waals surface area contributed by atoms with Gasteiger partial charge in [0, 0.05) is 6.08 Å². The normalized spacial score (nSPS) is 12.2. The number of nitriles is 1. The summed E-state index contributed by atoms with van der Waals surface area (Å²) in [5.74, 6) is -6.65. The lowest BCUT2D eigenvalue weighted by molar-refractivity contribution is -0.148. The second-order valence-electron chi connectivity index (χ2n) is 4.94. The number of rotatable bonds is 5. The number of carbonyl (C=O) groups is 2. The molecule has 0 saturated heterocycles. The number of carbonyl (C=O) groups excluding carboxylic acids is 2. The molecule has 9 heteroatoms. The number of furan rings is 1. The summed E-state index contributed by atoms with van der Waals surface area (Å²) in [5.41, 5.74) is -1.05. The van der Waals surface area contributed by atoms with Crippen LogP contribution in [0.5, 0.6) is 0 Å². The van der Waals surface area contributed by atoms with Gasteiger partial charge in [-0.05, 0) is 31.2 Å². The van der Waals surface area contributed by atoms with Gasteiger partial charge in [-0.2, -0.15) is 5.26 Å². The molecule has 0 saturated carbocycles. The van der Waals surface area contributed by atoms with Gasteiger partial charge < -0.3 is 14.5 Å². The molecule has 2 rings (SSSR count). The zero-order chi connectivity index (χ0) is 19.3. The maximum Gasteiger partial charge on any atom is 0.349 e. The number of ether oxygens (including phenoxy) is 1. The van der Waals surface area contributed by atoms with Crippen molar-refractivity contribution in [2.45, 2.75) is 13.0 Å². The highest BCUT2D eigenvalue weighted by Gasteiger charge is 2.23. The number of amides is 1. The van der Waals surface area contributed by atoms with Crippen molar-refractivity contribution in [3.8, 4) is 6.07 Å². The Hall–Kier alpha value is -3.54. The zero-order valence-corrected chi connectivity index (χ0v) is 13.3. The van der Waals surface area contributed by atoms with E-state index in [4.69, 9.17) is 14.4 Å². The summed E-state index contributed by atoms with van der Waals surface area (Å²) in [6, 6.07) is 6.08. The van der Waals surface area contributed by atoms with E-state index in [0.717, 1.165) is 19.1 Å². The van der Waals surface area contributed by atoms with Gasteiger partial charge in [0.1, 0.15) is 17.4 Å². The molecule has 6 nitrogen and oxygen atoms in total. The van der Waals surface area contributed by atoms with E-state index < -0.39 is 46.7 Å². The Bertz CT molecular complexity index is 901.